The van der Waals surface area contributed by atoms with E-state index in [2.05, 4.69) is 44.4 Å². The number of morpholine rings is 1. The molecule has 1 saturated heterocycles. The molecule has 0 aliphatic carbocycles. The zero-order chi connectivity index (χ0) is 23.2. The lowest BCUT2D eigenvalue weighted by molar-refractivity contribution is -0.118. The number of thiazole rings is 1. The molecule has 2 aromatic carbocycles. The van der Waals surface area contributed by atoms with E-state index >= 15 is 0 Å². The van der Waals surface area contributed by atoms with Gasteiger partial charge < -0.3 is 19.5 Å². The van der Waals surface area contributed by atoms with Gasteiger partial charge in [0.25, 0.3) is 0 Å². The second-order valence-electron chi connectivity index (χ2n) is 7.75. The molecule has 9 heteroatoms. The molecule has 1 aliphatic heterocycles. The first-order valence-electron chi connectivity index (χ1n) is 10.9. The van der Waals surface area contributed by atoms with Crippen molar-refractivity contribution in [3.8, 4) is 11.3 Å². The van der Waals surface area contributed by atoms with E-state index in [1.165, 1.54) is 12.6 Å². The van der Waals surface area contributed by atoms with Gasteiger partial charge >= 0.3 is 0 Å². The smallest absolute Gasteiger partial charge is 0.216 e. The van der Waals surface area contributed by atoms with Crippen molar-refractivity contribution in [2.24, 2.45) is 4.99 Å². The van der Waals surface area contributed by atoms with E-state index in [-0.39, 0.29) is 5.91 Å². The Morgan fingerprint density at radius 2 is 1.91 bits per heavy atom. The number of halogens is 2. The number of carbonyl (C=O) groups excluding carboxylic acids is 1. The fraction of sp³-hybridized carbons (Fsp3) is 0.333. The third-order valence-electron chi connectivity index (χ3n) is 5.40. The van der Waals surface area contributed by atoms with E-state index < -0.39 is 0 Å². The van der Waals surface area contributed by atoms with E-state index in [0.29, 0.717) is 28.8 Å². The van der Waals surface area contributed by atoms with Gasteiger partial charge in [-0.2, -0.15) is 0 Å². The largest absolute Gasteiger partial charge is 0.378 e. The average Bonchev–Trinajstić information content (AvgIpc) is 3.21. The minimum Gasteiger partial charge on any atom is -0.378 e. The Hall–Kier alpha value is -2.32. The van der Waals surface area contributed by atoms with Gasteiger partial charge in [-0.1, -0.05) is 35.3 Å². The van der Waals surface area contributed by atoms with Crippen LogP contribution >= 0.6 is 34.5 Å². The van der Waals surface area contributed by atoms with Crippen LogP contribution in [0.4, 0.5) is 11.4 Å². The van der Waals surface area contributed by atoms with Gasteiger partial charge in [-0.15, -0.1) is 11.3 Å². The molecule has 1 aliphatic rings. The summed E-state index contributed by atoms with van der Waals surface area (Å²) in [5, 5.41) is 6.07. The maximum Gasteiger partial charge on any atom is 0.216 e. The number of amides is 1. The fourth-order valence-corrected chi connectivity index (χ4v) is 5.11. The summed E-state index contributed by atoms with van der Waals surface area (Å²) in [4.78, 5) is 19.3. The molecule has 2 heterocycles. The van der Waals surface area contributed by atoms with Crippen LogP contribution in [0.25, 0.3) is 11.3 Å². The summed E-state index contributed by atoms with van der Waals surface area (Å²) in [6.45, 7) is 6.20. The number of hydrogen-bond acceptors (Lipinski definition) is 5. The number of nitrogens with zero attached hydrogens (tertiary/aromatic N) is 3. The van der Waals surface area contributed by atoms with Gasteiger partial charge in [0, 0.05) is 49.2 Å². The minimum absolute atomic E-state index is 0.0258. The maximum atomic E-state index is 11.3. The second-order valence-corrected chi connectivity index (χ2v) is 9.43. The normalized spacial score (nSPS) is 14.5. The summed E-state index contributed by atoms with van der Waals surface area (Å²) in [6, 6.07) is 13.9. The third-order valence-corrected chi connectivity index (χ3v) is 6.80. The number of aromatic nitrogens is 1. The number of nitrogens with one attached hydrogen (secondary N) is 1. The molecule has 1 amide bonds. The Kier molecular flexibility index (Phi) is 8.09. The molecule has 174 valence electrons. The highest BCUT2D eigenvalue weighted by Crippen LogP contribution is 2.29. The van der Waals surface area contributed by atoms with Crippen LogP contribution in [0.15, 0.2) is 52.8 Å². The van der Waals surface area contributed by atoms with Gasteiger partial charge in [-0.3, -0.25) is 4.79 Å². The van der Waals surface area contributed by atoms with Crippen molar-refractivity contribution in [1.29, 1.82) is 0 Å². The number of ether oxygens (including phenoxy) is 1. The molecular formula is C24H26Cl2N4O2S. The third kappa shape index (κ3) is 6.18. The van der Waals surface area contributed by atoms with Crippen molar-refractivity contribution in [3.63, 3.8) is 0 Å². The van der Waals surface area contributed by atoms with E-state index in [1.807, 2.05) is 6.07 Å². The summed E-state index contributed by atoms with van der Waals surface area (Å²) in [6.07, 6.45) is 0.788. The molecular weight excluding hydrogens is 479 g/mol. The highest BCUT2D eigenvalue weighted by molar-refractivity contribution is 7.07. The summed E-state index contributed by atoms with van der Waals surface area (Å²) < 4.78 is 7.64. The molecule has 0 radical (unpaired) electrons. The lowest BCUT2D eigenvalue weighted by Crippen LogP contribution is -2.36. The predicted molar refractivity (Wildman–Crippen MR) is 136 cm³/mol. The van der Waals surface area contributed by atoms with Crippen LogP contribution in [-0.2, 0) is 16.1 Å². The van der Waals surface area contributed by atoms with Crippen LogP contribution in [0.1, 0.15) is 13.3 Å². The summed E-state index contributed by atoms with van der Waals surface area (Å²) in [7, 11) is 0. The van der Waals surface area contributed by atoms with Crippen LogP contribution in [0, 0.1) is 0 Å². The Morgan fingerprint density at radius 3 is 2.61 bits per heavy atom. The lowest BCUT2D eigenvalue weighted by Gasteiger charge is -2.28. The van der Waals surface area contributed by atoms with Crippen molar-refractivity contribution in [2.45, 2.75) is 19.9 Å². The molecule has 6 nitrogen and oxygen atoms in total. The van der Waals surface area contributed by atoms with Gasteiger partial charge in [-0.05, 0) is 42.3 Å². The first kappa shape index (κ1) is 23.8. The Bertz CT molecular complexity index is 1170. The molecule has 0 spiro atoms. The van der Waals surface area contributed by atoms with Crippen molar-refractivity contribution in [3.05, 3.63) is 62.7 Å². The Morgan fingerprint density at radius 1 is 1.15 bits per heavy atom. The molecule has 0 unspecified atom stereocenters. The molecule has 4 rings (SSSR count). The van der Waals surface area contributed by atoms with E-state index in [4.69, 9.17) is 32.9 Å². The highest BCUT2D eigenvalue weighted by atomic mass is 35.5. The summed E-state index contributed by atoms with van der Waals surface area (Å²) in [5.74, 6) is -0.0258. The van der Waals surface area contributed by atoms with Crippen molar-refractivity contribution >= 4 is 51.8 Å². The van der Waals surface area contributed by atoms with Gasteiger partial charge in [-0.25, -0.2) is 4.99 Å². The predicted octanol–water partition coefficient (Wildman–Crippen LogP) is 5.12. The van der Waals surface area contributed by atoms with E-state index in [1.54, 1.807) is 23.5 Å². The van der Waals surface area contributed by atoms with Gasteiger partial charge in [0.15, 0.2) is 4.80 Å². The monoisotopic (exact) mass is 504 g/mol. The summed E-state index contributed by atoms with van der Waals surface area (Å²) in [5.41, 5.74) is 4.08. The number of carbonyl (C=O) groups is 1. The molecule has 1 N–H and O–H groups in total. The van der Waals surface area contributed by atoms with Gasteiger partial charge in [0.1, 0.15) is 0 Å². The quantitative estimate of drug-likeness (QED) is 0.454. The van der Waals surface area contributed by atoms with Crippen LogP contribution in [0.3, 0.4) is 0 Å². The second kappa shape index (κ2) is 11.2. The average molecular weight is 505 g/mol. The van der Waals surface area contributed by atoms with Crippen molar-refractivity contribution in [2.75, 3.05) is 37.7 Å². The van der Waals surface area contributed by atoms with Gasteiger partial charge in [0.2, 0.25) is 5.91 Å². The summed E-state index contributed by atoms with van der Waals surface area (Å²) >= 11 is 14.0. The number of benzene rings is 2. The lowest BCUT2D eigenvalue weighted by atomic mass is 10.1. The number of hydrogen-bond donors (Lipinski definition) is 1. The Labute approximate surface area is 207 Å². The molecule has 33 heavy (non-hydrogen) atoms. The number of anilines is 1. The van der Waals surface area contributed by atoms with Gasteiger partial charge in [0.05, 0.1) is 29.6 Å². The topological polar surface area (TPSA) is 58.9 Å². The fourth-order valence-electron chi connectivity index (χ4n) is 3.71. The Balaban J connectivity index is 1.65. The SMILES string of the molecule is CC(=O)NCCCn1c(-c2ccc(N3CCOCC3)cc2)cs/c1=N\c1ccc(Cl)cc1Cl. The highest BCUT2D eigenvalue weighted by Gasteiger charge is 2.13. The molecule has 1 fully saturated rings. The molecule has 1 aromatic heterocycles. The number of rotatable bonds is 7. The molecule has 0 bridgehead atoms. The van der Waals surface area contributed by atoms with Crippen LogP contribution in [0.5, 0.6) is 0 Å². The zero-order valence-electron chi connectivity index (χ0n) is 18.4. The van der Waals surface area contributed by atoms with Crippen molar-refractivity contribution in [1.82, 2.24) is 9.88 Å². The molecule has 0 atom stereocenters. The van der Waals surface area contributed by atoms with Crippen molar-refractivity contribution < 1.29 is 9.53 Å². The van der Waals surface area contributed by atoms with Crippen LogP contribution in [0.2, 0.25) is 10.0 Å². The van der Waals surface area contributed by atoms with Crippen LogP contribution in [-0.4, -0.2) is 43.3 Å². The van der Waals surface area contributed by atoms with Crippen LogP contribution < -0.4 is 15.0 Å². The standard InChI is InChI=1S/C24H26Cl2N4O2S/c1-17(31)27-9-2-10-30-23(16-33-24(30)28-22-8-5-19(25)15-21(22)26)18-3-6-20(7-4-18)29-11-13-32-14-12-29/h3-8,15-16H,2,9-14H2,1H3,(H,27,31)/b28-24-. The molecule has 0 saturated carbocycles. The molecule has 3 aromatic rings. The minimum atomic E-state index is -0.0258. The maximum absolute atomic E-state index is 11.3. The van der Waals surface area contributed by atoms with E-state index in [0.717, 1.165) is 48.8 Å². The first-order valence-corrected chi connectivity index (χ1v) is 12.5. The van der Waals surface area contributed by atoms with E-state index in [9.17, 15) is 4.79 Å². The zero-order valence-corrected chi connectivity index (χ0v) is 20.7. The first-order chi connectivity index (χ1) is 16.0.